The van der Waals surface area contributed by atoms with E-state index in [1.165, 1.54) is 9.47 Å². The van der Waals surface area contributed by atoms with Gasteiger partial charge in [-0.1, -0.05) is 43.7 Å². The Hall–Kier alpha value is -3.40. The molecule has 3 N–H and O–H groups in total. The second kappa shape index (κ2) is 12.3. The summed E-state index contributed by atoms with van der Waals surface area (Å²) in [7, 11) is 0. The smallest absolute Gasteiger partial charge is 0.330 e. The molecule has 1 atom stereocenters. The number of nitrogens with zero attached hydrogens (tertiary/aromatic N) is 3. The van der Waals surface area contributed by atoms with Crippen molar-refractivity contribution in [3.8, 4) is 0 Å². The van der Waals surface area contributed by atoms with Gasteiger partial charge in [0.25, 0.3) is 5.56 Å². The van der Waals surface area contributed by atoms with Crippen LogP contribution in [0.25, 0.3) is 0 Å². The van der Waals surface area contributed by atoms with E-state index in [1.54, 1.807) is 6.92 Å². The standard InChI is InChI=1S/C25H35N5O5/c1-3-5-14-29(20(31)17-28-13-9-12-19(16-28)24(33)35-4-2)21-22(26)30(25(34)27-23(21)32)15-18-10-7-6-8-11-18/h6-8,10-11,19H,3-5,9,12-17,26H2,1-2H3,(H,27,32,34). The van der Waals surface area contributed by atoms with Gasteiger partial charge >= 0.3 is 11.7 Å². The lowest BCUT2D eigenvalue weighted by molar-refractivity contribution is -0.150. The van der Waals surface area contributed by atoms with E-state index in [2.05, 4.69) is 4.98 Å². The zero-order valence-corrected chi connectivity index (χ0v) is 20.5. The van der Waals surface area contributed by atoms with Gasteiger partial charge in [-0.3, -0.25) is 28.8 Å². The van der Waals surface area contributed by atoms with Crippen LogP contribution < -0.4 is 21.9 Å². The summed E-state index contributed by atoms with van der Waals surface area (Å²) in [5.74, 6) is -0.872. The van der Waals surface area contributed by atoms with Gasteiger partial charge in [0.2, 0.25) is 5.91 Å². The van der Waals surface area contributed by atoms with Gasteiger partial charge in [-0.05, 0) is 38.3 Å². The van der Waals surface area contributed by atoms with Gasteiger partial charge in [0.15, 0.2) is 5.69 Å². The minimum atomic E-state index is -0.690. The molecular weight excluding hydrogens is 450 g/mol. The number of aromatic nitrogens is 2. The highest BCUT2D eigenvalue weighted by Crippen LogP contribution is 2.21. The Bertz CT molecular complexity index is 1130. The van der Waals surface area contributed by atoms with Gasteiger partial charge in [-0.15, -0.1) is 0 Å². The zero-order valence-electron chi connectivity index (χ0n) is 20.5. The van der Waals surface area contributed by atoms with Gasteiger partial charge < -0.3 is 15.4 Å². The van der Waals surface area contributed by atoms with Crippen LogP contribution in [0.2, 0.25) is 0 Å². The Morgan fingerprint density at radius 2 is 1.94 bits per heavy atom. The van der Waals surface area contributed by atoms with Crippen molar-refractivity contribution in [1.29, 1.82) is 0 Å². The third kappa shape index (κ3) is 6.60. The fourth-order valence-electron chi connectivity index (χ4n) is 4.37. The number of benzene rings is 1. The number of piperidine rings is 1. The van der Waals surface area contributed by atoms with Crippen molar-refractivity contribution in [3.05, 3.63) is 56.7 Å². The first-order valence-electron chi connectivity index (χ1n) is 12.2. The average Bonchev–Trinajstić information content (AvgIpc) is 2.84. The van der Waals surface area contributed by atoms with Crippen molar-refractivity contribution in [1.82, 2.24) is 14.5 Å². The van der Waals surface area contributed by atoms with Gasteiger partial charge in [-0.2, -0.15) is 0 Å². The monoisotopic (exact) mass is 485 g/mol. The Morgan fingerprint density at radius 1 is 1.20 bits per heavy atom. The second-order valence-electron chi connectivity index (χ2n) is 8.79. The molecule has 10 nitrogen and oxygen atoms in total. The molecule has 0 spiro atoms. The number of nitrogens with one attached hydrogen (secondary N) is 1. The lowest BCUT2D eigenvalue weighted by Gasteiger charge is -2.33. The maximum atomic E-state index is 13.5. The van der Waals surface area contributed by atoms with Crippen molar-refractivity contribution in [2.75, 3.05) is 43.4 Å². The molecule has 190 valence electrons. The first-order chi connectivity index (χ1) is 16.8. The van der Waals surface area contributed by atoms with Crippen molar-refractivity contribution in [2.24, 2.45) is 5.92 Å². The number of nitrogens with two attached hydrogens (primary N) is 1. The van der Waals surface area contributed by atoms with E-state index in [0.717, 1.165) is 24.8 Å². The largest absolute Gasteiger partial charge is 0.466 e. The number of hydrogen-bond acceptors (Lipinski definition) is 7. The number of unbranched alkanes of at least 4 members (excludes halogenated alkanes) is 1. The number of ether oxygens (including phenoxy) is 1. The number of amides is 1. The molecule has 3 rings (SSSR count). The number of carbonyl (C=O) groups excluding carboxylic acids is 2. The lowest BCUT2D eigenvalue weighted by atomic mass is 9.98. The molecule has 1 aromatic heterocycles. The van der Waals surface area contributed by atoms with Crippen LogP contribution in [-0.2, 0) is 20.9 Å². The van der Waals surface area contributed by atoms with Crippen LogP contribution >= 0.6 is 0 Å². The maximum absolute atomic E-state index is 13.5. The van der Waals surface area contributed by atoms with E-state index in [1.807, 2.05) is 42.2 Å². The van der Waals surface area contributed by atoms with Gasteiger partial charge in [0.1, 0.15) is 5.82 Å². The maximum Gasteiger partial charge on any atom is 0.330 e. The molecule has 1 saturated heterocycles. The number of anilines is 2. The number of carbonyl (C=O) groups is 2. The third-order valence-corrected chi connectivity index (χ3v) is 6.19. The molecule has 1 aromatic carbocycles. The molecule has 0 bridgehead atoms. The highest BCUT2D eigenvalue weighted by molar-refractivity contribution is 5.96. The van der Waals surface area contributed by atoms with E-state index in [4.69, 9.17) is 10.5 Å². The molecule has 2 aromatic rings. The zero-order chi connectivity index (χ0) is 25.4. The Balaban J connectivity index is 1.87. The summed E-state index contributed by atoms with van der Waals surface area (Å²) in [5, 5.41) is 0. The predicted octanol–water partition coefficient (Wildman–Crippen LogP) is 1.58. The first-order valence-corrected chi connectivity index (χ1v) is 12.2. The summed E-state index contributed by atoms with van der Waals surface area (Å²) in [5.41, 5.74) is 5.85. The fourth-order valence-corrected chi connectivity index (χ4v) is 4.37. The van der Waals surface area contributed by atoms with Crippen LogP contribution in [0, 0.1) is 5.92 Å². The predicted molar refractivity (Wildman–Crippen MR) is 134 cm³/mol. The lowest BCUT2D eigenvalue weighted by Crippen LogP contribution is -2.48. The number of esters is 1. The van der Waals surface area contributed by atoms with Crippen molar-refractivity contribution in [2.45, 2.75) is 46.1 Å². The molecule has 0 aliphatic carbocycles. The van der Waals surface area contributed by atoms with E-state index >= 15 is 0 Å². The second-order valence-corrected chi connectivity index (χ2v) is 8.79. The molecule has 1 aliphatic rings. The number of nitrogen functional groups attached to an aromatic ring is 1. The Labute approximate surface area is 204 Å². The van der Waals surface area contributed by atoms with Gasteiger partial charge in [0.05, 0.1) is 25.6 Å². The van der Waals surface area contributed by atoms with Crippen LogP contribution in [0.1, 0.15) is 45.1 Å². The number of likely N-dealkylation sites (tertiary alicyclic amines) is 1. The average molecular weight is 486 g/mol. The highest BCUT2D eigenvalue weighted by Gasteiger charge is 2.30. The number of H-pyrrole nitrogens is 1. The van der Waals surface area contributed by atoms with E-state index < -0.39 is 11.2 Å². The SMILES string of the molecule is CCCCN(C(=O)CN1CCCC(C(=O)OCC)C1)c1c(N)n(Cc2ccccc2)c(=O)[nH]c1=O. The summed E-state index contributed by atoms with van der Waals surface area (Å²) in [6.45, 7) is 5.66. The van der Waals surface area contributed by atoms with Crippen LogP contribution in [0.3, 0.4) is 0 Å². The molecule has 0 radical (unpaired) electrons. The molecule has 1 unspecified atom stereocenters. The summed E-state index contributed by atoms with van der Waals surface area (Å²) in [6.07, 6.45) is 2.96. The number of rotatable bonds is 10. The van der Waals surface area contributed by atoms with Crippen molar-refractivity contribution in [3.63, 3.8) is 0 Å². The molecule has 10 heteroatoms. The summed E-state index contributed by atoms with van der Waals surface area (Å²) in [4.78, 5) is 56.7. The van der Waals surface area contributed by atoms with Crippen molar-refractivity contribution >= 4 is 23.4 Å². The molecule has 1 fully saturated rings. The van der Waals surface area contributed by atoms with Crippen LogP contribution in [0.4, 0.5) is 11.5 Å². The van der Waals surface area contributed by atoms with Gasteiger partial charge in [-0.25, -0.2) is 4.79 Å². The normalized spacial score (nSPS) is 16.1. The van der Waals surface area contributed by atoms with Crippen LogP contribution in [0.15, 0.2) is 39.9 Å². The summed E-state index contributed by atoms with van der Waals surface area (Å²) in [6, 6.07) is 9.27. The molecular formula is C25H35N5O5. The van der Waals surface area contributed by atoms with Crippen LogP contribution in [0.5, 0.6) is 0 Å². The molecule has 0 saturated carbocycles. The van der Waals surface area contributed by atoms with Crippen molar-refractivity contribution < 1.29 is 14.3 Å². The fraction of sp³-hybridized carbons (Fsp3) is 0.520. The Morgan fingerprint density at radius 3 is 2.63 bits per heavy atom. The molecule has 1 aliphatic heterocycles. The molecule has 35 heavy (non-hydrogen) atoms. The molecule has 2 heterocycles. The summed E-state index contributed by atoms with van der Waals surface area (Å²) >= 11 is 0. The summed E-state index contributed by atoms with van der Waals surface area (Å²) < 4.78 is 6.43. The van der Waals surface area contributed by atoms with E-state index in [-0.39, 0.29) is 42.4 Å². The highest BCUT2D eigenvalue weighted by atomic mass is 16.5. The molecule has 1 amide bonds. The quantitative estimate of drug-likeness (QED) is 0.489. The minimum Gasteiger partial charge on any atom is -0.466 e. The number of aromatic amines is 1. The minimum absolute atomic E-state index is 0.0158. The van der Waals surface area contributed by atoms with Gasteiger partial charge in [0, 0.05) is 13.1 Å². The van der Waals surface area contributed by atoms with Crippen LogP contribution in [-0.4, -0.2) is 59.1 Å². The topological polar surface area (TPSA) is 131 Å². The Kier molecular flexibility index (Phi) is 9.25. The van der Waals surface area contributed by atoms with E-state index in [0.29, 0.717) is 32.7 Å². The third-order valence-electron chi connectivity index (χ3n) is 6.19. The van der Waals surface area contributed by atoms with E-state index in [9.17, 15) is 19.2 Å². The number of hydrogen-bond donors (Lipinski definition) is 2. The first kappa shape index (κ1) is 26.2.